The summed E-state index contributed by atoms with van der Waals surface area (Å²) in [4.78, 5) is 26.9. The molecule has 1 aromatic rings. The number of hydrogen-bond acceptors (Lipinski definition) is 6. The van der Waals surface area contributed by atoms with Crippen LogP contribution in [0, 0.1) is 25.2 Å². The Morgan fingerprint density at radius 1 is 1.46 bits per heavy atom. The number of rotatable bonds is 5. The fourth-order valence-electron chi connectivity index (χ4n) is 3.22. The first-order valence-corrected chi connectivity index (χ1v) is 10.4. The van der Waals surface area contributed by atoms with Crippen molar-refractivity contribution in [1.29, 1.82) is 5.26 Å². The van der Waals surface area contributed by atoms with Gasteiger partial charge in [-0.25, -0.2) is 13.1 Å². The fraction of sp³-hybridized carbons (Fsp3) is 0.647. The van der Waals surface area contributed by atoms with E-state index in [9.17, 15) is 23.3 Å². The predicted octanol–water partition coefficient (Wildman–Crippen LogP) is 0.546. The lowest BCUT2D eigenvalue weighted by Gasteiger charge is -2.33. The summed E-state index contributed by atoms with van der Waals surface area (Å²) in [6, 6.07) is 1.33. The molecule has 0 saturated carbocycles. The van der Waals surface area contributed by atoms with Crippen LogP contribution < -0.4 is 5.56 Å². The Hall–Kier alpha value is -2.21. The number of aromatic nitrogens is 2. The highest BCUT2D eigenvalue weighted by atomic mass is 32.2. The van der Waals surface area contributed by atoms with Crippen LogP contribution >= 0.6 is 0 Å². The van der Waals surface area contributed by atoms with Gasteiger partial charge in [0, 0.05) is 12.1 Å². The third kappa shape index (κ3) is 3.96. The molecule has 0 unspecified atom stereocenters. The van der Waals surface area contributed by atoms with E-state index in [-0.39, 0.29) is 41.6 Å². The molecular weight excluding hydrogens is 356 g/mol. The summed E-state index contributed by atoms with van der Waals surface area (Å²) in [5.74, 6) is -0.344. The first kappa shape index (κ1) is 20.1. The Balaban J connectivity index is 2.36. The highest BCUT2D eigenvalue weighted by molar-refractivity contribution is 7.91. The van der Waals surface area contributed by atoms with Gasteiger partial charge in [0.15, 0.2) is 9.84 Å². The van der Waals surface area contributed by atoms with E-state index >= 15 is 0 Å². The molecule has 0 radical (unpaired) electrons. The lowest BCUT2D eigenvalue weighted by molar-refractivity contribution is -0.136. The van der Waals surface area contributed by atoms with Crippen LogP contribution in [0.25, 0.3) is 0 Å². The smallest absolute Gasteiger partial charge is 0.285 e. The molecule has 1 saturated heterocycles. The molecule has 0 aromatic carbocycles. The standard InChI is InChI=1S/C17H24N4O4S/c1-5-11(2)21(14-6-7-26(24,25)10-14)16(22)9-20-17(23)15(8-18)12(3)13(4)19-20/h11,14H,5-7,9-10H2,1-4H3/t11-,14+/m1/s1. The molecule has 1 aliphatic rings. The molecule has 0 N–H and O–H groups in total. The highest BCUT2D eigenvalue weighted by Gasteiger charge is 2.36. The van der Waals surface area contributed by atoms with Crippen LogP contribution in [0.2, 0.25) is 0 Å². The number of carbonyl (C=O) groups is 1. The van der Waals surface area contributed by atoms with Crippen LogP contribution in [0.5, 0.6) is 0 Å². The van der Waals surface area contributed by atoms with E-state index in [1.807, 2.05) is 19.9 Å². The molecule has 26 heavy (non-hydrogen) atoms. The first-order valence-electron chi connectivity index (χ1n) is 8.61. The number of carbonyl (C=O) groups excluding carboxylic acids is 1. The van der Waals surface area contributed by atoms with Crippen LogP contribution in [0.1, 0.15) is 43.5 Å². The average Bonchev–Trinajstić information content (AvgIpc) is 2.92. The lowest BCUT2D eigenvalue weighted by atomic mass is 10.1. The van der Waals surface area contributed by atoms with Crippen molar-refractivity contribution in [2.45, 2.75) is 59.2 Å². The molecule has 1 fully saturated rings. The van der Waals surface area contributed by atoms with E-state index < -0.39 is 15.4 Å². The number of nitrogens with zero attached hydrogens (tertiary/aromatic N) is 4. The molecule has 1 amide bonds. The molecule has 8 nitrogen and oxygen atoms in total. The number of amides is 1. The second-order valence-electron chi connectivity index (χ2n) is 6.78. The van der Waals surface area contributed by atoms with Crippen molar-refractivity contribution < 1.29 is 13.2 Å². The molecule has 1 aromatic heterocycles. The Morgan fingerprint density at radius 3 is 2.62 bits per heavy atom. The summed E-state index contributed by atoms with van der Waals surface area (Å²) in [6.45, 7) is 6.79. The van der Waals surface area contributed by atoms with Gasteiger partial charge < -0.3 is 4.90 Å². The SMILES string of the molecule is CC[C@@H](C)N(C(=O)Cn1nc(C)c(C)c(C#N)c1=O)[C@H]1CCS(=O)(=O)C1. The zero-order valence-electron chi connectivity index (χ0n) is 15.5. The van der Waals surface area contributed by atoms with E-state index in [0.29, 0.717) is 24.1 Å². The van der Waals surface area contributed by atoms with E-state index in [2.05, 4.69) is 5.10 Å². The van der Waals surface area contributed by atoms with Crippen molar-refractivity contribution in [1.82, 2.24) is 14.7 Å². The molecule has 2 atom stereocenters. The molecule has 0 spiro atoms. The molecule has 0 aliphatic carbocycles. The van der Waals surface area contributed by atoms with E-state index in [0.717, 1.165) is 4.68 Å². The minimum absolute atomic E-state index is 0.0242. The number of nitriles is 1. The summed E-state index contributed by atoms with van der Waals surface area (Å²) < 4.78 is 24.6. The van der Waals surface area contributed by atoms with Crippen molar-refractivity contribution in [3.63, 3.8) is 0 Å². The predicted molar refractivity (Wildman–Crippen MR) is 96.3 cm³/mol. The number of sulfone groups is 1. The van der Waals surface area contributed by atoms with Crippen LogP contribution in [0.15, 0.2) is 4.79 Å². The monoisotopic (exact) mass is 380 g/mol. The van der Waals surface area contributed by atoms with E-state index in [1.54, 1.807) is 18.7 Å². The third-order valence-electron chi connectivity index (χ3n) is 4.99. The van der Waals surface area contributed by atoms with Gasteiger partial charge in [-0.05, 0) is 39.2 Å². The summed E-state index contributed by atoms with van der Waals surface area (Å²) in [7, 11) is -3.14. The molecule has 1 aliphatic heterocycles. The molecule has 0 bridgehead atoms. The maximum absolute atomic E-state index is 12.9. The normalized spacial score (nSPS) is 19.7. The Kier molecular flexibility index (Phi) is 5.86. The Morgan fingerprint density at radius 2 is 2.12 bits per heavy atom. The molecular formula is C17H24N4O4S. The van der Waals surface area contributed by atoms with Crippen LogP contribution in [0.4, 0.5) is 0 Å². The second kappa shape index (κ2) is 7.58. The summed E-state index contributed by atoms with van der Waals surface area (Å²) in [5.41, 5.74) is 0.380. The van der Waals surface area contributed by atoms with Crippen molar-refractivity contribution in [3.05, 3.63) is 27.2 Å². The third-order valence-corrected chi connectivity index (χ3v) is 6.74. The summed E-state index contributed by atoms with van der Waals surface area (Å²) >= 11 is 0. The van der Waals surface area contributed by atoms with Crippen LogP contribution in [-0.4, -0.2) is 52.6 Å². The van der Waals surface area contributed by atoms with Crippen LogP contribution in [0.3, 0.4) is 0 Å². The van der Waals surface area contributed by atoms with Gasteiger partial charge in [0.1, 0.15) is 18.2 Å². The van der Waals surface area contributed by atoms with Crippen molar-refractivity contribution in [2.24, 2.45) is 0 Å². The van der Waals surface area contributed by atoms with Gasteiger partial charge >= 0.3 is 0 Å². The zero-order chi connectivity index (χ0) is 19.6. The van der Waals surface area contributed by atoms with Gasteiger partial charge in [0.25, 0.3) is 5.56 Å². The van der Waals surface area contributed by atoms with Crippen molar-refractivity contribution >= 4 is 15.7 Å². The number of aryl methyl sites for hydroxylation is 1. The first-order chi connectivity index (χ1) is 12.1. The van der Waals surface area contributed by atoms with Crippen molar-refractivity contribution in [2.75, 3.05) is 11.5 Å². The Labute approximate surface area is 153 Å². The summed E-state index contributed by atoms with van der Waals surface area (Å²) in [6.07, 6.45) is 1.07. The quantitative estimate of drug-likeness (QED) is 0.737. The topological polar surface area (TPSA) is 113 Å². The van der Waals surface area contributed by atoms with Gasteiger partial charge in [-0.15, -0.1) is 0 Å². The van der Waals surface area contributed by atoms with Gasteiger partial charge in [-0.3, -0.25) is 9.59 Å². The summed E-state index contributed by atoms with van der Waals surface area (Å²) in [5, 5.41) is 13.3. The number of hydrogen-bond donors (Lipinski definition) is 0. The van der Waals surface area contributed by atoms with Gasteiger partial charge in [-0.2, -0.15) is 10.4 Å². The molecule has 142 valence electrons. The van der Waals surface area contributed by atoms with Crippen molar-refractivity contribution in [3.8, 4) is 6.07 Å². The maximum Gasteiger partial charge on any atom is 0.285 e. The average molecular weight is 380 g/mol. The second-order valence-corrected chi connectivity index (χ2v) is 9.00. The van der Waals surface area contributed by atoms with Gasteiger partial charge in [-0.1, -0.05) is 6.92 Å². The van der Waals surface area contributed by atoms with Gasteiger partial charge in [0.05, 0.1) is 17.2 Å². The molecule has 9 heteroatoms. The fourth-order valence-corrected chi connectivity index (χ4v) is 4.93. The van der Waals surface area contributed by atoms with E-state index in [1.165, 1.54) is 0 Å². The maximum atomic E-state index is 12.9. The minimum Gasteiger partial charge on any atom is -0.334 e. The molecule has 2 heterocycles. The lowest BCUT2D eigenvalue weighted by Crippen LogP contribution is -2.49. The minimum atomic E-state index is -3.14. The van der Waals surface area contributed by atoms with Gasteiger partial charge in [0.2, 0.25) is 5.91 Å². The highest BCUT2D eigenvalue weighted by Crippen LogP contribution is 2.21. The largest absolute Gasteiger partial charge is 0.334 e. The zero-order valence-corrected chi connectivity index (χ0v) is 16.3. The van der Waals surface area contributed by atoms with Crippen LogP contribution in [-0.2, 0) is 21.2 Å². The Bertz CT molecular complexity index is 914. The molecule has 2 rings (SSSR count). The van der Waals surface area contributed by atoms with E-state index in [4.69, 9.17) is 0 Å².